The molecule has 1 N–H and O–H groups in total. The molecule has 1 atom stereocenters. The van der Waals surface area contributed by atoms with Gasteiger partial charge in [-0.25, -0.2) is 4.39 Å². The third-order valence-electron chi connectivity index (χ3n) is 2.87. The van der Waals surface area contributed by atoms with Gasteiger partial charge in [-0.1, -0.05) is 36.4 Å². The lowest BCUT2D eigenvalue weighted by Crippen LogP contribution is -2.02. The van der Waals surface area contributed by atoms with Crippen molar-refractivity contribution >= 4 is 22.6 Å². The van der Waals surface area contributed by atoms with E-state index in [0.29, 0.717) is 6.42 Å². The van der Waals surface area contributed by atoms with Crippen LogP contribution in [0.4, 0.5) is 4.39 Å². The van der Waals surface area contributed by atoms with Gasteiger partial charge in [0.25, 0.3) is 0 Å². The van der Waals surface area contributed by atoms with Crippen LogP contribution < -0.4 is 0 Å². The van der Waals surface area contributed by atoms with E-state index in [1.807, 2.05) is 30.3 Å². The molecule has 3 heteroatoms. The molecule has 0 fully saturated rings. The topological polar surface area (TPSA) is 20.2 Å². The fourth-order valence-corrected chi connectivity index (χ4v) is 2.71. The number of hydrogen-bond acceptors (Lipinski definition) is 1. The van der Waals surface area contributed by atoms with Crippen LogP contribution in [0.2, 0.25) is 0 Å². The minimum atomic E-state index is -0.544. The maximum Gasteiger partial charge on any atom is 0.124 e. The molecular formula is C15H14FIO. The van der Waals surface area contributed by atoms with E-state index in [0.717, 1.165) is 15.6 Å². The molecule has 2 rings (SSSR count). The van der Waals surface area contributed by atoms with Crippen LogP contribution in [0.1, 0.15) is 23.7 Å². The van der Waals surface area contributed by atoms with Crippen molar-refractivity contribution in [3.05, 3.63) is 69.0 Å². The van der Waals surface area contributed by atoms with Crippen molar-refractivity contribution in [3.63, 3.8) is 0 Å². The Kier molecular flexibility index (Phi) is 4.72. The fraction of sp³-hybridized carbons (Fsp3) is 0.200. The van der Waals surface area contributed by atoms with E-state index in [1.165, 1.54) is 17.7 Å². The van der Waals surface area contributed by atoms with Gasteiger partial charge in [0.15, 0.2) is 0 Å². The van der Waals surface area contributed by atoms with Crippen molar-refractivity contribution in [1.82, 2.24) is 0 Å². The number of halogens is 2. The number of hydrogen-bond donors (Lipinski definition) is 1. The summed E-state index contributed by atoms with van der Waals surface area (Å²) in [5.74, 6) is -0.265. The summed E-state index contributed by atoms with van der Waals surface area (Å²) in [5, 5.41) is 10.1. The van der Waals surface area contributed by atoms with Gasteiger partial charge in [0.1, 0.15) is 5.82 Å². The van der Waals surface area contributed by atoms with Gasteiger partial charge in [0, 0.05) is 3.57 Å². The smallest absolute Gasteiger partial charge is 0.124 e. The van der Waals surface area contributed by atoms with Crippen molar-refractivity contribution in [2.45, 2.75) is 18.9 Å². The highest BCUT2D eigenvalue weighted by Gasteiger charge is 2.11. The molecule has 0 spiro atoms. The molecule has 0 saturated carbocycles. The lowest BCUT2D eigenvalue weighted by molar-refractivity contribution is 0.167. The highest BCUT2D eigenvalue weighted by atomic mass is 127. The predicted molar refractivity (Wildman–Crippen MR) is 78.8 cm³/mol. The molecule has 0 aliphatic rings. The van der Waals surface area contributed by atoms with Gasteiger partial charge in [-0.3, -0.25) is 0 Å². The summed E-state index contributed by atoms with van der Waals surface area (Å²) in [5.41, 5.74) is 2.00. The Hall–Kier alpha value is -0.940. The van der Waals surface area contributed by atoms with Gasteiger partial charge in [-0.05, 0) is 58.7 Å². The highest BCUT2D eigenvalue weighted by Crippen LogP contribution is 2.24. The molecule has 2 aromatic rings. The molecule has 0 amide bonds. The van der Waals surface area contributed by atoms with Crippen LogP contribution in [0.3, 0.4) is 0 Å². The zero-order valence-corrected chi connectivity index (χ0v) is 12.0. The molecule has 18 heavy (non-hydrogen) atoms. The number of aliphatic hydroxyl groups is 1. The van der Waals surface area contributed by atoms with E-state index < -0.39 is 6.10 Å². The maximum absolute atomic E-state index is 13.0. The summed E-state index contributed by atoms with van der Waals surface area (Å²) in [4.78, 5) is 0. The Morgan fingerprint density at radius 3 is 2.50 bits per heavy atom. The van der Waals surface area contributed by atoms with Crippen LogP contribution in [0.5, 0.6) is 0 Å². The van der Waals surface area contributed by atoms with Crippen molar-refractivity contribution in [2.75, 3.05) is 0 Å². The van der Waals surface area contributed by atoms with Gasteiger partial charge in [-0.15, -0.1) is 0 Å². The molecule has 0 radical (unpaired) electrons. The van der Waals surface area contributed by atoms with Crippen molar-refractivity contribution in [2.24, 2.45) is 0 Å². The Morgan fingerprint density at radius 1 is 1.11 bits per heavy atom. The second-order valence-corrected chi connectivity index (χ2v) is 5.37. The maximum atomic E-state index is 13.0. The van der Waals surface area contributed by atoms with Crippen LogP contribution in [-0.2, 0) is 6.42 Å². The third kappa shape index (κ3) is 3.53. The molecular weight excluding hydrogens is 342 g/mol. The molecule has 0 aliphatic carbocycles. The lowest BCUT2D eigenvalue weighted by Gasteiger charge is -2.13. The first-order valence-corrected chi connectivity index (χ1v) is 6.91. The summed E-state index contributed by atoms with van der Waals surface area (Å²) >= 11 is 2.06. The van der Waals surface area contributed by atoms with Crippen LogP contribution in [-0.4, -0.2) is 5.11 Å². The van der Waals surface area contributed by atoms with Gasteiger partial charge in [0.05, 0.1) is 6.10 Å². The second-order valence-electron chi connectivity index (χ2n) is 4.21. The Labute approximate surface area is 120 Å². The van der Waals surface area contributed by atoms with Gasteiger partial charge in [-0.2, -0.15) is 0 Å². The van der Waals surface area contributed by atoms with Crippen molar-refractivity contribution in [1.29, 1.82) is 0 Å². The molecule has 1 nitrogen and oxygen atoms in total. The van der Waals surface area contributed by atoms with E-state index >= 15 is 0 Å². The molecule has 1 unspecified atom stereocenters. The molecule has 0 aromatic heterocycles. The zero-order chi connectivity index (χ0) is 13.0. The van der Waals surface area contributed by atoms with Gasteiger partial charge in [0.2, 0.25) is 0 Å². The van der Waals surface area contributed by atoms with Gasteiger partial charge >= 0.3 is 0 Å². The minimum absolute atomic E-state index is 0.265. The van der Waals surface area contributed by atoms with E-state index in [4.69, 9.17) is 0 Å². The number of aliphatic hydroxyl groups excluding tert-OH is 1. The van der Waals surface area contributed by atoms with Crippen LogP contribution >= 0.6 is 22.6 Å². The molecule has 2 aromatic carbocycles. The van der Waals surface area contributed by atoms with Crippen LogP contribution in [0.25, 0.3) is 0 Å². The first-order valence-electron chi connectivity index (χ1n) is 5.84. The second kappa shape index (κ2) is 6.29. The summed E-state index contributed by atoms with van der Waals surface area (Å²) in [6.07, 6.45) is 0.916. The first-order chi connectivity index (χ1) is 8.66. The number of benzene rings is 2. The monoisotopic (exact) mass is 356 g/mol. The molecule has 0 aliphatic heterocycles. The molecule has 0 heterocycles. The molecule has 0 saturated heterocycles. The van der Waals surface area contributed by atoms with Crippen LogP contribution in [0, 0.1) is 9.39 Å². The quantitative estimate of drug-likeness (QED) is 0.818. The van der Waals surface area contributed by atoms with E-state index in [1.54, 1.807) is 6.07 Å². The Balaban J connectivity index is 2.01. The zero-order valence-electron chi connectivity index (χ0n) is 9.81. The summed E-state index contributed by atoms with van der Waals surface area (Å²) in [6, 6.07) is 14.5. The number of rotatable bonds is 4. The van der Waals surface area contributed by atoms with Crippen molar-refractivity contribution in [3.8, 4) is 0 Å². The Morgan fingerprint density at radius 2 is 1.83 bits per heavy atom. The highest BCUT2D eigenvalue weighted by molar-refractivity contribution is 14.1. The standard InChI is InChI=1S/C15H14FIO/c16-12-7-8-13(14(17)10-12)15(18)9-6-11-4-2-1-3-5-11/h1-5,7-8,10,15,18H,6,9H2. The lowest BCUT2D eigenvalue weighted by atomic mass is 10.0. The normalized spacial score (nSPS) is 12.4. The average molecular weight is 356 g/mol. The number of aryl methyl sites for hydroxylation is 1. The minimum Gasteiger partial charge on any atom is -0.388 e. The Bertz CT molecular complexity index is 513. The first kappa shape index (κ1) is 13.5. The van der Waals surface area contributed by atoms with E-state index in [2.05, 4.69) is 22.6 Å². The summed E-state index contributed by atoms with van der Waals surface area (Å²) < 4.78 is 13.7. The van der Waals surface area contributed by atoms with E-state index in [9.17, 15) is 9.50 Å². The SMILES string of the molecule is OC(CCc1ccccc1)c1ccc(F)cc1I. The summed E-state index contributed by atoms with van der Waals surface area (Å²) in [6.45, 7) is 0. The third-order valence-corrected chi connectivity index (χ3v) is 3.80. The van der Waals surface area contributed by atoms with Gasteiger partial charge < -0.3 is 5.11 Å². The predicted octanol–water partition coefficient (Wildman–Crippen LogP) is 4.10. The largest absolute Gasteiger partial charge is 0.388 e. The molecule has 94 valence electrons. The van der Waals surface area contributed by atoms with E-state index in [-0.39, 0.29) is 5.82 Å². The van der Waals surface area contributed by atoms with Crippen molar-refractivity contribution < 1.29 is 9.50 Å². The average Bonchev–Trinajstić information content (AvgIpc) is 2.37. The summed E-state index contributed by atoms with van der Waals surface area (Å²) in [7, 11) is 0. The fourth-order valence-electron chi connectivity index (χ4n) is 1.88. The molecule has 0 bridgehead atoms. The van der Waals surface area contributed by atoms with Crippen LogP contribution in [0.15, 0.2) is 48.5 Å².